The number of carbonyl (C=O) groups is 2. The highest BCUT2D eigenvalue weighted by molar-refractivity contribution is 7.18. The van der Waals surface area contributed by atoms with Crippen molar-refractivity contribution in [2.75, 3.05) is 4.90 Å². The molecule has 0 unspecified atom stereocenters. The number of para-hydroxylation sites is 1. The zero-order valence-electron chi connectivity index (χ0n) is 16.4. The van der Waals surface area contributed by atoms with Crippen molar-refractivity contribution < 1.29 is 14.7 Å². The molecule has 0 fully saturated rings. The molecule has 2 heterocycles. The SMILES string of the molecule is O=C(C[C@]1(O)C(=O)N(Cc2cccc3ccccc23)c2ccccc21)c1ccc(Cl)s1. The van der Waals surface area contributed by atoms with Gasteiger partial charge < -0.3 is 10.0 Å². The average molecular weight is 448 g/mol. The first-order chi connectivity index (χ1) is 15.0. The van der Waals surface area contributed by atoms with E-state index in [-0.39, 0.29) is 12.2 Å². The van der Waals surface area contributed by atoms with E-state index in [9.17, 15) is 14.7 Å². The molecule has 4 aromatic rings. The zero-order chi connectivity index (χ0) is 21.6. The van der Waals surface area contributed by atoms with Crippen LogP contribution in [0.1, 0.15) is 27.2 Å². The molecule has 1 aromatic heterocycles. The number of nitrogens with zero attached hydrogens (tertiary/aromatic N) is 1. The van der Waals surface area contributed by atoms with Crippen molar-refractivity contribution in [2.45, 2.75) is 18.6 Å². The molecule has 0 spiro atoms. The minimum atomic E-state index is -1.91. The fraction of sp³-hybridized carbons (Fsp3) is 0.120. The molecule has 1 aliphatic rings. The van der Waals surface area contributed by atoms with Crippen LogP contribution in [-0.2, 0) is 16.9 Å². The predicted octanol–water partition coefficient (Wildman–Crippen LogP) is 5.56. The van der Waals surface area contributed by atoms with Crippen molar-refractivity contribution in [1.29, 1.82) is 0 Å². The van der Waals surface area contributed by atoms with Gasteiger partial charge >= 0.3 is 0 Å². The van der Waals surface area contributed by atoms with Gasteiger partial charge in [-0.2, -0.15) is 0 Å². The van der Waals surface area contributed by atoms with Gasteiger partial charge in [0.1, 0.15) is 0 Å². The molecule has 0 saturated heterocycles. The lowest BCUT2D eigenvalue weighted by molar-refractivity contribution is -0.136. The summed E-state index contributed by atoms with van der Waals surface area (Å²) in [4.78, 5) is 28.3. The lowest BCUT2D eigenvalue weighted by Crippen LogP contribution is -2.41. The number of Topliss-reactive ketones (excluding diaryl/α,β-unsaturated/α-hetero) is 1. The third-order valence-corrected chi connectivity index (χ3v) is 6.98. The van der Waals surface area contributed by atoms with Crippen molar-refractivity contribution >= 4 is 51.1 Å². The Hall–Kier alpha value is -2.99. The summed E-state index contributed by atoms with van der Waals surface area (Å²) in [6.07, 6.45) is -0.328. The highest BCUT2D eigenvalue weighted by Crippen LogP contribution is 2.44. The zero-order valence-corrected chi connectivity index (χ0v) is 18.0. The second-order valence-electron chi connectivity index (χ2n) is 7.61. The van der Waals surface area contributed by atoms with E-state index in [4.69, 9.17) is 11.6 Å². The normalized spacial score (nSPS) is 17.9. The second-order valence-corrected chi connectivity index (χ2v) is 9.33. The number of hydrogen-bond donors (Lipinski definition) is 1. The molecule has 31 heavy (non-hydrogen) atoms. The Labute approximate surface area is 188 Å². The minimum absolute atomic E-state index is 0.304. The minimum Gasteiger partial charge on any atom is -0.375 e. The molecule has 1 amide bonds. The van der Waals surface area contributed by atoms with E-state index in [0.717, 1.165) is 27.7 Å². The summed E-state index contributed by atoms with van der Waals surface area (Å²) in [6.45, 7) is 0.304. The molecular weight excluding hydrogens is 430 g/mol. The van der Waals surface area contributed by atoms with Crippen LogP contribution in [0.15, 0.2) is 78.9 Å². The Morgan fingerprint density at radius 3 is 2.52 bits per heavy atom. The summed E-state index contributed by atoms with van der Waals surface area (Å²) in [5, 5.41) is 13.6. The van der Waals surface area contributed by atoms with Crippen LogP contribution in [0.25, 0.3) is 10.8 Å². The van der Waals surface area contributed by atoms with Gasteiger partial charge in [-0.25, -0.2) is 0 Å². The third-order valence-electron chi connectivity index (χ3n) is 5.71. The number of aliphatic hydroxyl groups is 1. The van der Waals surface area contributed by atoms with Crippen LogP contribution in [0, 0.1) is 0 Å². The molecule has 0 aliphatic carbocycles. The van der Waals surface area contributed by atoms with E-state index >= 15 is 0 Å². The Morgan fingerprint density at radius 2 is 1.71 bits per heavy atom. The van der Waals surface area contributed by atoms with Gasteiger partial charge in [-0.3, -0.25) is 9.59 Å². The highest BCUT2D eigenvalue weighted by atomic mass is 35.5. The number of carbonyl (C=O) groups excluding carboxylic acids is 2. The van der Waals surface area contributed by atoms with Crippen molar-refractivity contribution in [3.8, 4) is 0 Å². The monoisotopic (exact) mass is 447 g/mol. The first-order valence-electron chi connectivity index (χ1n) is 9.86. The van der Waals surface area contributed by atoms with E-state index in [1.165, 1.54) is 0 Å². The topological polar surface area (TPSA) is 57.6 Å². The number of halogens is 1. The summed E-state index contributed by atoms with van der Waals surface area (Å²) in [5.74, 6) is -0.799. The lowest BCUT2D eigenvalue weighted by atomic mass is 9.89. The Kier molecular flexibility index (Phi) is 4.89. The maximum atomic E-state index is 13.5. The summed E-state index contributed by atoms with van der Waals surface area (Å²) < 4.78 is 0.492. The molecule has 4 nitrogen and oxygen atoms in total. The van der Waals surface area contributed by atoms with Crippen molar-refractivity contribution in [1.82, 2.24) is 0 Å². The molecule has 1 aliphatic heterocycles. The second kappa shape index (κ2) is 7.61. The largest absolute Gasteiger partial charge is 0.375 e. The highest BCUT2D eigenvalue weighted by Gasteiger charge is 2.50. The number of anilines is 1. The van der Waals surface area contributed by atoms with E-state index < -0.39 is 11.5 Å². The molecule has 0 bridgehead atoms. The van der Waals surface area contributed by atoms with Crippen LogP contribution >= 0.6 is 22.9 Å². The van der Waals surface area contributed by atoms with Crippen molar-refractivity contribution in [3.63, 3.8) is 0 Å². The van der Waals surface area contributed by atoms with Gasteiger partial charge in [0.15, 0.2) is 11.4 Å². The van der Waals surface area contributed by atoms with Crippen molar-refractivity contribution in [2.24, 2.45) is 0 Å². The van der Waals surface area contributed by atoms with E-state index in [2.05, 4.69) is 0 Å². The summed E-state index contributed by atoms with van der Waals surface area (Å²) >= 11 is 7.10. The van der Waals surface area contributed by atoms with E-state index in [0.29, 0.717) is 27.0 Å². The third kappa shape index (κ3) is 3.35. The number of thiophene rings is 1. The molecule has 5 rings (SSSR count). The summed E-state index contributed by atoms with van der Waals surface area (Å²) in [5.41, 5.74) is 0.146. The van der Waals surface area contributed by atoms with Gasteiger partial charge in [-0.15, -0.1) is 11.3 Å². The van der Waals surface area contributed by atoms with Gasteiger partial charge in [-0.05, 0) is 34.5 Å². The number of rotatable bonds is 5. The molecule has 1 N–H and O–H groups in total. The molecule has 6 heteroatoms. The van der Waals surface area contributed by atoms with Crippen LogP contribution in [-0.4, -0.2) is 16.8 Å². The standard InChI is InChI=1S/C25H18ClNO3S/c26-23-13-12-22(31-23)21(28)14-25(30)19-10-3-4-11-20(19)27(24(25)29)15-17-8-5-7-16-6-1-2-9-18(16)17/h1-13,30H,14-15H2/t25-/m1/s1. The first-order valence-corrected chi connectivity index (χ1v) is 11.1. The Morgan fingerprint density at radius 1 is 0.968 bits per heavy atom. The Bertz CT molecular complexity index is 1330. The number of benzene rings is 3. The molecular formula is C25H18ClNO3S. The van der Waals surface area contributed by atoms with Gasteiger partial charge in [0, 0.05) is 5.56 Å². The quantitative estimate of drug-likeness (QED) is 0.407. The Balaban J connectivity index is 1.53. The average Bonchev–Trinajstić information content (AvgIpc) is 3.30. The van der Waals surface area contributed by atoms with Crippen LogP contribution in [0.3, 0.4) is 0 Å². The van der Waals surface area contributed by atoms with Gasteiger partial charge in [0.05, 0.1) is 27.9 Å². The summed E-state index contributed by atoms with van der Waals surface area (Å²) in [7, 11) is 0. The predicted molar refractivity (Wildman–Crippen MR) is 124 cm³/mol. The lowest BCUT2D eigenvalue weighted by Gasteiger charge is -2.23. The van der Waals surface area contributed by atoms with Crippen LogP contribution in [0.2, 0.25) is 4.34 Å². The summed E-state index contributed by atoms with van der Waals surface area (Å²) in [6, 6.07) is 24.3. The van der Waals surface area contributed by atoms with Gasteiger partial charge in [0.25, 0.3) is 5.91 Å². The molecule has 0 saturated carbocycles. The molecule has 154 valence electrons. The van der Waals surface area contributed by atoms with Gasteiger partial charge in [0.2, 0.25) is 0 Å². The maximum Gasteiger partial charge on any atom is 0.264 e. The maximum absolute atomic E-state index is 13.5. The molecule has 3 aromatic carbocycles. The number of ketones is 1. The van der Waals surface area contributed by atoms with E-state index in [1.807, 2.05) is 54.6 Å². The number of hydrogen-bond acceptors (Lipinski definition) is 4. The van der Waals surface area contributed by atoms with Crippen LogP contribution < -0.4 is 4.90 Å². The number of amides is 1. The van der Waals surface area contributed by atoms with E-state index in [1.54, 1.807) is 29.2 Å². The smallest absolute Gasteiger partial charge is 0.264 e. The van der Waals surface area contributed by atoms with Crippen LogP contribution in [0.4, 0.5) is 5.69 Å². The number of fused-ring (bicyclic) bond motifs is 2. The molecule has 0 radical (unpaired) electrons. The fourth-order valence-electron chi connectivity index (χ4n) is 4.22. The van der Waals surface area contributed by atoms with Gasteiger partial charge in [-0.1, -0.05) is 72.3 Å². The molecule has 1 atom stereocenters. The van der Waals surface area contributed by atoms with Crippen LogP contribution in [0.5, 0.6) is 0 Å². The fourth-order valence-corrected chi connectivity index (χ4v) is 5.20. The van der Waals surface area contributed by atoms with Crippen molar-refractivity contribution in [3.05, 3.63) is 99.2 Å². The first kappa shape index (κ1) is 19.9.